The Hall–Kier alpha value is -0.790. The van der Waals surface area contributed by atoms with Crippen molar-refractivity contribution < 1.29 is 0 Å². The highest BCUT2D eigenvalue weighted by Crippen LogP contribution is 2.04. The molecule has 23 heavy (non-hydrogen) atoms. The van der Waals surface area contributed by atoms with Crippen LogP contribution in [-0.4, -0.2) is 28.6 Å². The predicted molar refractivity (Wildman–Crippen MR) is 109 cm³/mol. The van der Waals surface area contributed by atoms with Gasteiger partial charge in [0.1, 0.15) is 5.82 Å². The van der Waals surface area contributed by atoms with Gasteiger partial charge in [-0.2, -0.15) is 0 Å². The highest BCUT2D eigenvalue weighted by molar-refractivity contribution is 14.0. The molecule has 5 nitrogen and oxygen atoms in total. The first-order valence-corrected chi connectivity index (χ1v) is 8.54. The molecule has 1 rings (SSSR count). The molecule has 6 heteroatoms. The number of nitrogens with one attached hydrogen (secondary N) is 2. The lowest BCUT2D eigenvalue weighted by atomic mass is 10.1. The lowest BCUT2D eigenvalue weighted by molar-refractivity contribution is 0.502. The number of hydrogen-bond donors (Lipinski definition) is 2. The lowest BCUT2D eigenvalue weighted by Gasteiger charge is -2.18. The van der Waals surface area contributed by atoms with Gasteiger partial charge in [0.25, 0.3) is 0 Å². The highest BCUT2D eigenvalue weighted by Gasteiger charge is 2.08. The summed E-state index contributed by atoms with van der Waals surface area (Å²) in [5, 5.41) is 6.81. The van der Waals surface area contributed by atoms with Crippen LogP contribution in [0.2, 0.25) is 0 Å². The topological polar surface area (TPSA) is 54.2 Å². The van der Waals surface area contributed by atoms with E-state index >= 15 is 0 Å². The Morgan fingerprint density at radius 2 is 2.04 bits per heavy atom. The van der Waals surface area contributed by atoms with Crippen LogP contribution in [-0.2, 0) is 13.1 Å². The van der Waals surface area contributed by atoms with Gasteiger partial charge in [-0.1, -0.05) is 40.0 Å². The molecule has 0 saturated carbocycles. The number of halogens is 1. The van der Waals surface area contributed by atoms with Gasteiger partial charge in [-0.05, 0) is 19.3 Å². The standard InChI is InChI=1S/C17H33N5.HI/c1-6-7-8-9-15(4)21-17(18-5)20-12-16-19-10-11-22(16)13-14(2)3;/h10-11,14-15H,6-9,12-13H2,1-5H3,(H2,18,20,21);1H. The van der Waals surface area contributed by atoms with Gasteiger partial charge < -0.3 is 15.2 Å². The zero-order chi connectivity index (χ0) is 16.4. The van der Waals surface area contributed by atoms with Crippen molar-refractivity contribution in [3.8, 4) is 0 Å². The maximum absolute atomic E-state index is 4.43. The summed E-state index contributed by atoms with van der Waals surface area (Å²) in [5.41, 5.74) is 0. The van der Waals surface area contributed by atoms with Crippen LogP contribution in [0, 0.1) is 5.92 Å². The molecule has 0 aliphatic rings. The zero-order valence-corrected chi connectivity index (χ0v) is 17.6. The van der Waals surface area contributed by atoms with Crippen molar-refractivity contribution in [2.75, 3.05) is 7.05 Å². The minimum atomic E-state index is 0. The summed E-state index contributed by atoms with van der Waals surface area (Å²) < 4.78 is 2.20. The number of aromatic nitrogens is 2. The number of hydrogen-bond acceptors (Lipinski definition) is 2. The molecule has 0 spiro atoms. The normalized spacial score (nSPS) is 12.9. The number of imidazole rings is 1. The SMILES string of the molecule is CCCCCC(C)NC(=NC)NCc1nccn1CC(C)C.I. The van der Waals surface area contributed by atoms with Gasteiger partial charge in [0.05, 0.1) is 6.54 Å². The molecule has 0 fully saturated rings. The van der Waals surface area contributed by atoms with E-state index in [-0.39, 0.29) is 24.0 Å². The van der Waals surface area contributed by atoms with Crippen LogP contribution >= 0.6 is 24.0 Å². The van der Waals surface area contributed by atoms with Crippen LogP contribution in [0.3, 0.4) is 0 Å². The second-order valence-corrected chi connectivity index (χ2v) is 6.36. The minimum absolute atomic E-state index is 0. The Kier molecular flexibility index (Phi) is 12.2. The Bertz CT molecular complexity index is 442. The maximum atomic E-state index is 4.43. The second-order valence-electron chi connectivity index (χ2n) is 6.36. The monoisotopic (exact) mass is 435 g/mol. The molecular formula is C17H34IN5. The van der Waals surface area contributed by atoms with Crippen molar-refractivity contribution in [2.45, 2.75) is 72.5 Å². The number of guanidine groups is 1. The summed E-state index contributed by atoms with van der Waals surface area (Å²) in [6, 6.07) is 0.438. The molecule has 1 atom stereocenters. The molecule has 1 heterocycles. The van der Waals surface area contributed by atoms with E-state index in [1.807, 2.05) is 19.4 Å². The number of rotatable bonds is 9. The van der Waals surface area contributed by atoms with Crippen molar-refractivity contribution in [3.05, 3.63) is 18.2 Å². The third-order valence-electron chi connectivity index (χ3n) is 3.62. The summed E-state index contributed by atoms with van der Waals surface area (Å²) in [7, 11) is 1.81. The summed E-state index contributed by atoms with van der Waals surface area (Å²) in [5.74, 6) is 2.52. The van der Waals surface area contributed by atoms with Crippen molar-refractivity contribution >= 4 is 29.9 Å². The molecule has 2 N–H and O–H groups in total. The molecule has 0 bridgehead atoms. The Morgan fingerprint density at radius 3 is 2.65 bits per heavy atom. The second kappa shape index (κ2) is 12.6. The van der Waals surface area contributed by atoms with Crippen LogP contribution in [0.15, 0.2) is 17.4 Å². The number of aliphatic imine (C=N–C) groups is 1. The molecule has 0 amide bonds. The van der Waals surface area contributed by atoms with E-state index in [0.29, 0.717) is 18.5 Å². The van der Waals surface area contributed by atoms with E-state index in [4.69, 9.17) is 0 Å². The predicted octanol–water partition coefficient (Wildman–Crippen LogP) is 3.79. The van der Waals surface area contributed by atoms with Crippen molar-refractivity contribution in [1.29, 1.82) is 0 Å². The minimum Gasteiger partial charge on any atom is -0.354 e. The Morgan fingerprint density at radius 1 is 1.30 bits per heavy atom. The van der Waals surface area contributed by atoms with E-state index in [1.54, 1.807) is 0 Å². The van der Waals surface area contributed by atoms with Crippen LogP contribution in [0.1, 0.15) is 59.2 Å². The van der Waals surface area contributed by atoms with Crippen LogP contribution in [0.5, 0.6) is 0 Å². The first-order valence-electron chi connectivity index (χ1n) is 8.54. The van der Waals surface area contributed by atoms with Gasteiger partial charge in [0.2, 0.25) is 0 Å². The lowest BCUT2D eigenvalue weighted by Crippen LogP contribution is -2.42. The zero-order valence-electron chi connectivity index (χ0n) is 15.3. The van der Waals surface area contributed by atoms with Crippen LogP contribution in [0.4, 0.5) is 0 Å². The van der Waals surface area contributed by atoms with Crippen LogP contribution in [0.25, 0.3) is 0 Å². The third-order valence-corrected chi connectivity index (χ3v) is 3.62. The average Bonchev–Trinajstić information content (AvgIpc) is 2.90. The number of unbranched alkanes of at least 4 members (excludes halogenated alkanes) is 2. The molecule has 0 aliphatic carbocycles. The first kappa shape index (κ1) is 22.2. The van der Waals surface area contributed by atoms with Gasteiger partial charge in [0.15, 0.2) is 5.96 Å². The van der Waals surface area contributed by atoms with Gasteiger partial charge in [0, 0.05) is 32.0 Å². The van der Waals surface area contributed by atoms with E-state index in [0.717, 1.165) is 18.3 Å². The van der Waals surface area contributed by atoms with Crippen molar-refractivity contribution in [3.63, 3.8) is 0 Å². The molecule has 1 aromatic heterocycles. The van der Waals surface area contributed by atoms with Crippen molar-refractivity contribution in [1.82, 2.24) is 20.2 Å². The Balaban J connectivity index is 0.00000484. The first-order chi connectivity index (χ1) is 10.6. The van der Waals surface area contributed by atoms with Gasteiger partial charge in [-0.25, -0.2) is 4.98 Å². The van der Waals surface area contributed by atoms with Gasteiger partial charge in [-0.3, -0.25) is 4.99 Å². The maximum Gasteiger partial charge on any atom is 0.191 e. The van der Waals surface area contributed by atoms with E-state index in [1.165, 1.54) is 25.7 Å². The quantitative estimate of drug-likeness (QED) is 0.269. The highest BCUT2D eigenvalue weighted by atomic mass is 127. The third kappa shape index (κ3) is 9.17. The van der Waals surface area contributed by atoms with Gasteiger partial charge in [-0.15, -0.1) is 24.0 Å². The van der Waals surface area contributed by atoms with Gasteiger partial charge >= 0.3 is 0 Å². The number of nitrogens with zero attached hydrogens (tertiary/aromatic N) is 3. The fourth-order valence-electron chi connectivity index (χ4n) is 2.43. The fourth-order valence-corrected chi connectivity index (χ4v) is 2.43. The molecule has 0 radical (unpaired) electrons. The van der Waals surface area contributed by atoms with Crippen molar-refractivity contribution in [2.24, 2.45) is 10.9 Å². The fraction of sp³-hybridized carbons (Fsp3) is 0.765. The molecule has 0 saturated heterocycles. The molecule has 0 aromatic carbocycles. The summed E-state index contributed by atoms with van der Waals surface area (Å²) in [6.45, 7) is 10.6. The average molecular weight is 435 g/mol. The summed E-state index contributed by atoms with van der Waals surface area (Å²) in [4.78, 5) is 8.74. The summed E-state index contributed by atoms with van der Waals surface area (Å²) in [6.07, 6.45) is 8.91. The smallest absolute Gasteiger partial charge is 0.191 e. The molecular weight excluding hydrogens is 401 g/mol. The molecule has 0 aliphatic heterocycles. The van der Waals surface area contributed by atoms with E-state index in [2.05, 4.69) is 52.9 Å². The largest absolute Gasteiger partial charge is 0.354 e. The molecule has 1 aromatic rings. The van der Waals surface area contributed by atoms with Crippen LogP contribution < -0.4 is 10.6 Å². The van der Waals surface area contributed by atoms with E-state index in [9.17, 15) is 0 Å². The molecule has 1 unspecified atom stereocenters. The molecule has 134 valence electrons. The van der Waals surface area contributed by atoms with E-state index < -0.39 is 0 Å². The summed E-state index contributed by atoms with van der Waals surface area (Å²) >= 11 is 0. The Labute approximate surface area is 158 Å².